The Bertz CT molecular complexity index is 348. The van der Waals surface area contributed by atoms with Gasteiger partial charge >= 0.3 is 0 Å². The Morgan fingerprint density at radius 1 is 1.25 bits per heavy atom. The molecule has 1 aromatic rings. The molecule has 0 aliphatic heterocycles. The quantitative estimate of drug-likeness (QED) is 0.920. The van der Waals surface area contributed by atoms with Gasteiger partial charge < -0.3 is 10.5 Å². The van der Waals surface area contributed by atoms with Gasteiger partial charge in [0.1, 0.15) is 5.75 Å². The van der Waals surface area contributed by atoms with Gasteiger partial charge in [-0.2, -0.15) is 0 Å². The summed E-state index contributed by atoms with van der Waals surface area (Å²) in [5.74, 6) is 0.948. The molecule has 1 aliphatic carbocycles. The van der Waals surface area contributed by atoms with Gasteiger partial charge in [0.25, 0.3) is 0 Å². The highest BCUT2D eigenvalue weighted by atomic mass is 79.9. The van der Waals surface area contributed by atoms with Crippen molar-refractivity contribution in [3.05, 3.63) is 28.2 Å². The minimum Gasteiger partial charge on any atom is -0.490 e. The van der Waals surface area contributed by atoms with Gasteiger partial charge in [-0.25, -0.2) is 0 Å². The summed E-state index contributed by atoms with van der Waals surface area (Å²) in [7, 11) is 0. The minimum atomic E-state index is 0.383. The zero-order valence-electron chi connectivity index (χ0n) is 9.42. The first-order valence-corrected chi connectivity index (χ1v) is 6.74. The summed E-state index contributed by atoms with van der Waals surface area (Å²) in [5.41, 5.74) is 6.82. The molecule has 1 aliphatic rings. The van der Waals surface area contributed by atoms with E-state index in [0.29, 0.717) is 12.6 Å². The Morgan fingerprint density at radius 2 is 2.00 bits per heavy atom. The summed E-state index contributed by atoms with van der Waals surface area (Å²) < 4.78 is 7.09. The highest BCUT2D eigenvalue weighted by Crippen LogP contribution is 2.30. The SMILES string of the molecule is NCc1c(Br)cccc1OC1CCCCC1. The highest BCUT2D eigenvalue weighted by Gasteiger charge is 2.16. The van der Waals surface area contributed by atoms with E-state index in [9.17, 15) is 0 Å². The van der Waals surface area contributed by atoms with Crippen LogP contribution in [0.5, 0.6) is 5.75 Å². The van der Waals surface area contributed by atoms with E-state index >= 15 is 0 Å². The zero-order valence-corrected chi connectivity index (χ0v) is 11.0. The molecule has 0 heterocycles. The summed E-state index contributed by atoms with van der Waals surface area (Å²) in [6.45, 7) is 0.517. The Hall–Kier alpha value is -0.540. The number of hydrogen-bond acceptors (Lipinski definition) is 2. The summed E-state index contributed by atoms with van der Waals surface area (Å²) in [6, 6.07) is 6.03. The second kappa shape index (κ2) is 5.69. The first kappa shape index (κ1) is 11.9. The molecule has 1 saturated carbocycles. The lowest BCUT2D eigenvalue weighted by Gasteiger charge is -2.24. The van der Waals surface area contributed by atoms with Crippen molar-refractivity contribution in [3.63, 3.8) is 0 Å². The molecule has 1 fully saturated rings. The smallest absolute Gasteiger partial charge is 0.125 e. The first-order chi connectivity index (χ1) is 7.81. The highest BCUT2D eigenvalue weighted by molar-refractivity contribution is 9.10. The maximum Gasteiger partial charge on any atom is 0.125 e. The van der Waals surface area contributed by atoms with Gasteiger partial charge in [-0.05, 0) is 37.8 Å². The fraction of sp³-hybridized carbons (Fsp3) is 0.538. The second-order valence-corrected chi connectivity index (χ2v) is 5.15. The van der Waals surface area contributed by atoms with Crippen LogP contribution in [0.4, 0.5) is 0 Å². The fourth-order valence-corrected chi connectivity index (χ4v) is 2.72. The van der Waals surface area contributed by atoms with Crippen molar-refractivity contribution in [1.82, 2.24) is 0 Å². The monoisotopic (exact) mass is 283 g/mol. The molecule has 0 aromatic heterocycles. The number of rotatable bonds is 3. The van der Waals surface area contributed by atoms with Crippen LogP contribution in [0.3, 0.4) is 0 Å². The van der Waals surface area contributed by atoms with E-state index in [1.807, 2.05) is 18.2 Å². The van der Waals surface area contributed by atoms with Crippen molar-refractivity contribution < 1.29 is 4.74 Å². The summed E-state index contributed by atoms with van der Waals surface area (Å²) in [6.07, 6.45) is 6.66. The van der Waals surface area contributed by atoms with Crippen LogP contribution in [0.1, 0.15) is 37.7 Å². The molecule has 2 rings (SSSR count). The third-order valence-corrected chi connectivity index (χ3v) is 3.87. The number of benzene rings is 1. The van der Waals surface area contributed by atoms with Crippen molar-refractivity contribution in [2.75, 3.05) is 0 Å². The molecule has 2 N–H and O–H groups in total. The Balaban J connectivity index is 2.10. The molecule has 0 bridgehead atoms. The minimum absolute atomic E-state index is 0.383. The lowest BCUT2D eigenvalue weighted by Crippen LogP contribution is -2.20. The van der Waals surface area contributed by atoms with Gasteiger partial charge in [-0.3, -0.25) is 0 Å². The Morgan fingerprint density at radius 3 is 2.69 bits per heavy atom. The molecule has 0 amide bonds. The molecule has 0 unspecified atom stereocenters. The molecular weight excluding hydrogens is 266 g/mol. The van der Waals surface area contributed by atoms with Crippen LogP contribution < -0.4 is 10.5 Å². The molecule has 0 saturated heterocycles. The van der Waals surface area contributed by atoms with Crippen molar-refractivity contribution in [1.29, 1.82) is 0 Å². The first-order valence-electron chi connectivity index (χ1n) is 5.95. The molecule has 88 valence electrons. The fourth-order valence-electron chi connectivity index (χ4n) is 2.21. The second-order valence-electron chi connectivity index (χ2n) is 4.30. The average Bonchev–Trinajstić information content (AvgIpc) is 2.31. The van der Waals surface area contributed by atoms with Crippen LogP contribution >= 0.6 is 15.9 Å². The summed E-state index contributed by atoms with van der Waals surface area (Å²) in [4.78, 5) is 0. The van der Waals surface area contributed by atoms with Gasteiger partial charge in [-0.15, -0.1) is 0 Å². The number of ether oxygens (including phenoxy) is 1. The van der Waals surface area contributed by atoms with E-state index in [1.54, 1.807) is 0 Å². The van der Waals surface area contributed by atoms with E-state index in [4.69, 9.17) is 10.5 Å². The van der Waals surface area contributed by atoms with Crippen LogP contribution in [0.25, 0.3) is 0 Å². The van der Waals surface area contributed by atoms with Crippen molar-refractivity contribution >= 4 is 15.9 Å². The van der Waals surface area contributed by atoms with Crippen LogP contribution in [0.15, 0.2) is 22.7 Å². The zero-order chi connectivity index (χ0) is 11.4. The molecular formula is C13H18BrNO. The van der Waals surface area contributed by atoms with Crippen LogP contribution in [-0.2, 0) is 6.54 Å². The van der Waals surface area contributed by atoms with Crippen LogP contribution in [0.2, 0.25) is 0 Å². The van der Waals surface area contributed by atoms with Gasteiger partial charge in [0.15, 0.2) is 0 Å². The number of halogens is 1. The molecule has 0 spiro atoms. The lowest BCUT2D eigenvalue weighted by molar-refractivity contribution is 0.153. The molecule has 3 heteroatoms. The predicted molar refractivity (Wildman–Crippen MR) is 69.5 cm³/mol. The van der Waals surface area contributed by atoms with Gasteiger partial charge in [0.2, 0.25) is 0 Å². The molecule has 0 radical (unpaired) electrons. The van der Waals surface area contributed by atoms with E-state index in [0.717, 1.165) is 15.8 Å². The average molecular weight is 284 g/mol. The molecule has 2 nitrogen and oxygen atoms in total. The van der Waals surface area contributed by atoms with Crippen LogP contribution in [-0.4, -0.2) is 6.10 Å². The topological polar surface area (TPSA) is 35.2 Å². The van der Waals surface area contributed by atoms with E-state index in [-0.39, 0.29) is 0 Å². The normalized spacial score (nSPS) is 17.4. The van der Waals surface area contributed by atoms with Crippen molar-refractivity contribution in [2.45, 2.75) is 44.8 Å². The van der Waals surface area contributed by atoms with Crippen molar-refractivity contribution in [2.24, 2.45) is 5.73 Å². The van der Waals surface area contributed by atoms with E-state index in [1.165, 1.54) is 32.1 Å². The number of nitrogens with two attached hydrogens (primary N) is 1. The third kappa shape index (κ3) is 2.77. The molecule has 0 atom stereocenters. The Labute approximate surface area is 105 Å². The predicted octanol–water partition coefficient (Wildman–Crippen LogP) is 3.62. The summed E-state index contributed by atoms with van der Waals surface area (Å²) in [5, 5.41) is 0. The standard InChI is InChI=1S/C13H18BrNO/c14-12-7-4-8-13(11(12)9-15)16-10-5-2-1-3-6-10/h4,7-8,10H,1-3,5-6,9,15H2. The number of hydrogen-bond donors (Lipinski definition) is 1. The lowest BCUT2D eigenvalue weighted by atomic mass is 9.97. The van der Waals surface area contributed by atoms with E-state index < -0.39 is 0 Å². The molecule has 16 heavy (non-hydrogen) atoms. The Kier molecular flexibility index (Phi) is 4.24. The van der Waals surface area contributed by atoms with Gasteiger partial charge in [0.05, 0.1) is 6.10 Å². The summed E-state index contributed by atoms with van der Waals surface area (Å²) >= 11 is 3.51. The third-order valence-electron chi connectivity index (χ3n) is 3.13. The maximum atomic E-state index is 6.05. The van der Waals surface area contributed by atoms with Gasteiger partial charge in [-0.1, -0.05) is 28.4 Å². The largest absolute Gasteiger partial charge is 0.490 e. The molecule has 1 aromatic carbocycles. The van der Waals surface area contributed by atoms with Crippen LogP contribution in [0, 0.1) is 0 Å². The maximum absolute atomic E-state index is 6.05. The van der Waals surface area contributed by atoms with Crippen molar-refractivity contribution in [3.8, 4) is 5.75 Å². The van der Waals surface area contributed by atoms with E-state index in [2.05, 4.69) is 15.9 Å². The van der Waals surface area contributed by atoms with Gasteiger partial charge in [0, 0.05) is 16.6 Å².